The van der Waals surface area contributed by atoms with Crippen LogP contribution in [0.15, 0.2) is 24.3 Å². The molecule has 0 saturated carbocycles. The van der Waals surface area contributed by atoms with Crippen LogP contribution in [0.2, 0.25) is 5.02 Å². The number of amides is 4. The highest BCUT2D eigenvalue weighted by atomic mass is 35.5. The van der Waals surface area contributed by atoms with Gasteiger partial charge in [-0.25, -0.2) is 4.79 Å². The number of carbonyl (C=O) groups is 3. The van der Waals surface area contributed by atoms with Gasteiger partial charge in [-0.1, -0.05) is 25.4 Å². The van der Waals surface area contributed by atoms with Gasteiger partial charge < -0.3 is 10.6 Å². The Morgan fingerprint density at radius 2 is 1.67 bits per heavy atom. The Morgan fingerprint density at radius 3 is 2.25 bits per heavy atom. The molecule has 0 aliphatic carbocycles. The van der Waals surface area contributed by atoms with Gasteiger partial charge in [-0.2, -0.15) is 0 Å². The third kappa shape index (κ3) is 8.50. The van der Waals surface area contributed by atoms with Crippen LogP contribution in [-0.4, -0.2) is 49.4 Å². The quantitative estimate of drug-likeness (QED) is 0.695. The molecule has 0 fully saturated rings. The van der Waals surface area contributed by atoms with E-state index in [0.29, 0.717) is 23.2 Å². The average Bonchev–Trinajstić information content (AvgIpc) is 2.47. The molecular weight excluding hydrogens is 332 g/mol. The van der Waals surface area contributed by atoms with Crippen LogP contribution < -0.4 is 16.0 Å². The Morgan fingerprint density at radius 1 is 1.08 bits per heavy atom. The minimum Gasteiger partial charge on any atom is -0.338 e. The zero-order chi connectivity index (χ0) is 18.1. The summed E-state index contributed by atoms with van der Waals surface area (Å²) in [7, 11) is 1.62. The van der Waals surface area contributed by atoms with Crippen LogP contribution in [0.25, 0.3) is 0 Å². The number of imide groups is 1. The summed E-state index contributed by atoms with van der Waals surface area (Å²) in [6.45, 7) is 4.34. The van der Waals surface area contributed by atoms with E-state index in [-0.39, 0.29) is 19.0 Å². The van der Waals surface area contributed by atoms with Crippen molar-refractivity contribution in [3.05, 3.63) is 29.3 Å². The Labute approximate surface area is 146 Å². The lowest BCUT2D eigenvalue weighted by molar-refractivity contribution is -0.122. The molecule has 0 atom stereocenters. The molecule has 1 aromatic rings. The highest BCUT2D eigenvalue weighted by molar-refractivity contribution is 6.30. The lowest BCUT2D eigenvalue weighted by Gasteiger charge is -2.16. The smallest absolute Gasteiger partial charge is 0.321 e. The molecule has 4 amide bonds. The minimum atomic E-state index is -0.535. The highest BCUT2D eigenvalue weighted by Gasteiger charge is 2.13. The van der Waals surface area contributed by atoms with Crippen molar-refractivity contribution >= 4 is 35.1 Å². The summed E-state index contributed by atoms with van der Waals surface area (Å²) >= 11 is 5.77. The fourth-order valence-corrected chi connectivity index (χ4v) is 1.91. The first-order chi connectivity index (χ1) is 11.3. The number of hydrogen-bond donors (Lipinski definition) is 3. The van der Waals surface area contributed by atoms with Crippen molar-refractivity contribution in [2.24, 2.45) is 5.92 Å². The number of hydrogen-bond acceptors (Lipinski definition) is 4. The molecule has 132 valence electrons. The first-order valence-corrected chi connectivity index (χ1v) is 7.95. The van der Waals surface area contributed by atoms with Crippen LogP contribution in [0.5, 0.6) is 0 Å². The Hall–Kier alpha value is -2.12. The minimum absolute atomic E-state index is 0.0175. The third-order valence-electron chi connectivity index (χ3n) is 2.88. The fraction of sp³-hybridized carbons (Fsp3) is 0.438. The molecule has 0 spiro atoms. The van der Waals surface area contributed by atoms with Crippen LogP contribution in [0.1, 0.15) is 13.8 Å². The zero-order valence-corrected chi connectivity index (χ0v) is 14.8. The highest BCUT2D eigenvalue weighted by Crippen LogP contribution is 2.13. The summed E-state index contributed by atoms with van der Waals surface area (Å²) in [5, 5.41) is 8.08. The van der Waals surface area contributed by atoms with E-state index in [1.165, 1.54) is 4.90 Å². The SMILES string of the molecule is CC(C)CNC(=O)NC(=O)CN(C)CC(=O)Nc1ccc(Cl)cc1. The molecule has 0 aliphatic rings. The molecule has 0 bridgehead atoms. The maximum Gasteiger partial charge on any atom is 0.321 e. The van der Waals surface area contributed by atoms with E-state index in [0.717, 1.165) is 0 Å². The van der Waals surface area contributed by atoms with Gasteiger partial charge in [-0.05, 0) is 37.2 Å². The van der Waals surface area contributed by atoms with Crippen molar-refractivity contribution in [3.63, 3.8) is 0 Å². The number of carbonyl (C=O) groups excluding carboxylic acids is 3. The summed E-state index contributed by atoms with van der Waals surface area (Å²) in [6, 6.07) is 6.18. The zero-order valence-electron chi connectivity index (χ0n) is 14.1. The van der Waals surface area contributed by atoms with Crippen molar-refractivity contribution in [3.8, 4) is 0 Å². The van der Waals surface area contributed by atoms with Gasteiger partial charge in [0.15, 0.2) is 0 Å². The molecule has 0 saturated heterocycles. The summed E-state index contributed by atoms with van der Waals surface area (Å²) in [4.78, 5) is 36.6. The van der Waals surface area contributed by atoms with Gasteiger partial charge in [0.05, 0.1) is 13.1 Å². The third-order valence-corrected chi connectivity index (χ3v) is 3.13. The van der Waals surface area contributed by atoms with E-state index >= 15 is 0 Å². The van der Waals surface area contributed by atoms with Crippen molar-refractivity contribution < 1.29 is 14.4 Å². The van der Waals surface area contributed by atoms with Gasteiger partial charge in [0.2, 0.25) is 11.8 Å². The number of halogens is 1. The van der Waals surface area contributed by atoms with E-state index < -0.39 is 11.9 Å². The van der Waals surface area contributed by atoms with Gasteiger partial charge in [0.1, 0.15) is 0 Å². The first-order valence-electron chi connectivity index (χ1n) is 7.58. The van der Waals surface area contributed by atoms with Gasteiger partial charge in [-0.3, -0.25) is 19.8 Å². The Kier molecular flexibility index (Phi) is 8.21. The van der Waals surface area contributed by atoms with Crippen molar-refractivity contribution in [2.45, 2.75) is 13.8 Å². The summed E-state index contributed by atoms with van der Waals surface area (Å²) in [5.74, 6) is -0.444. The fourth-order valence-electron chi connectivity index (χ4n) is 1.79. The van der Waals surface area contributed by atoms with Gasteiger partial charge in [-0.15, -0.1) is 0 Å². The number of urea groups is 1. The molecule has 0 radical (unpaired) electrons. The molecule has 0 aliphatic heterocycles. The molecule has 0 aromatic heterocycles. The predicted octanol–water partition coefficient (Wildman–Crippen LogP) is 1.69. The molecule has 1 rings (SSSR count). The lowest BCUT2D eigenvalue weighted by atomic mass is 10.2. The standard InChI is InChI=1S/C16H23ClN4O3/c1-11(2)8-18-16(24)20-15(23)10-21(3)9-14(22)19-13-6-4-12(17)5-7-13/h4-7,11H,8-10H2,1-3H3,(H,19,22)(H2,18,20,23,24). The molecule has 8 heteroatoms. The van der Waals surface area contributed by atoms with E-state index in [2.05, 4.69) is 16.0 Å². The number of rotatable bonds is 7. The topological polar surface area (TPSA) is 90.5 Å². The van der Waals surface area contributed by atoms with Crippen molar-refractivity contribution in [1.82, 2.24) is 15.5 Å². The molecular formula is C16H23ClN4O3. The largest absolute Gasteiger partial charge is 0.338 e. The monoisotopic (exact) mass is 354 g/mol. The van der Waals surface area contributed by atoms with Crippen LogP contribution in [0, 0.1) is 5.92 Å². The molecule has 1 aromatic carbocycles. The molecule has 7 nitrogen and oxygen atoms in total. The average molecular weight is 355 g/mol. The summed E-state index contributed by atoms with van der Waals surface area (Å²) in [6.07, 6.45) is 0. The van der Waals surface area contributed by atoms with E-state index in [4.69, 9.17) is 11.6 Å². The normalized spacial score (nSPS) is 10.6. The molecule has 0 heterocycles. The number of benzene rings is 1. The van der Waals surface area contributed by atoms with Gasteiger partial charge in [0, 0.05) is 17.3 Å². The number of nitrogens with zero attached hydrogens (tertiary/aromatic N) is 1. The molecule has 24 heavy (non-hydrogen) atoms. The summed E-state index contributed by atoms with van der Waals surface area (Å²) in [5.41, 5.74) is 0.621. The van der Waals surface area contributed by atoms with Crippen LogP contribution in [0.3, 0.4) is 0 Å². The van der Waals surface area contributed by atoms with Crippen LogP contribution in [0.4, 0.5) is 10.5 Å². The molecule has 3 N–H and O–H groups in total. The number of anilines is 1. The number of likely N-dealkylation sites (N-methyl/N-ethyl adjacent to an activating group) is 1. The Bertz CT molecular complexity index is 575. The van der Waals surface area contributed by atoms with Gasteiger partial charge >= 0.3 is 6.03 Å². The lowest BCUT2D eigenvalue weighted by Crippen LogP contribution is -2.45. The summed E-state index contributed by atoms with van der Waals surface area (Å²) < 4.78 is 0. The Balaban J connectivity index is 2.32. The second kappa shape index (κ2) is 9.89. The second-order valence-electron chi connectivity index (χ2n) is 5.88. The predicted molar refractivity (Wildman–Crippen MR) is 94.0 cm³/mol. The second-order valence-corrected chi connectivity index (χ2v) is 6.32. The van der Waals surface area contributed by atoms with Gasteiger partial charge in [0.25, 0.3) is 0 Å². The van der Waals surface area contributed by atoms with Crippen molar-refractivity contribution in [1.29, 1.82) is 0 Å². The molecule has 0 unspecified atom stereocenters. The maximum absolute atomic E-state index is 11.9. The van der Waals surface area contributed by atoms with Crippen molar-refractivity contribution in [2.75, 3.05) is 32.0 Å². The van der Waals surface area contributed by atoms with E-state index in [1.807, 2.05) is 13.8 Å². The van der Waals surface area contributed by atoms with Crippen LogP contribution in [-0.2, 0) is 9.59 Å². The van der Waals surface area contributed by atoms with Crippen LogP contribution >= 0.6 is 11.6 Å². The maximum atomic E-state index is 11.9. The first kappa shape index (κ1) is 19.9. The van der Waals surface area contributed by atoms with E-state index in [9.17, 15) is 14.4 Å². The number of nitrogens with one attached hydrogen (secondary N) is 3. The van der Waals surface area contributed by atoms with E-state index in [1.54, 1.807) is 31.3 Å².